The maximum atomic E-state index is 4.72. The van der Waals surface area contributed by atoms with Crippen molar-refractivity contribution in [3.05, 3.63) is 40.5 Å². The summed E-state index contributed by atoms with van der Waals surface area (Å²) in [6, 6.07) is 8.62. The molecule has 0 saturated heterocycles. The normalized spacial score (nSPS) is 14.8. The van der Waals surface area contributed by atoms with Crippen molar-refractivity contribution in [1.82, 2.24) is 4.98 Å². The highest BCUT2D eigenvalue weighted by Gasteiger charge is 2.11. The van der Waals surface area contributed by atoms with Crippen LogP contribution in [0.5, 0.6) is 0 Å². The Bertz CT molecular complexity index is 576. The molecule has 0 aliphatic carbocycles. The summed E-state index contributed by atoms with van der Waals surface area (Å²) in [7, 11) is 0. The van der Waals surface area contributed by atoms with Crippen LogP contribution >= 0.6 is 23.1 Å². The second kappa shape index (κ2) is 6.46. The van der Waals surface area contributed by atoms with Crippen molar-refractivity contribution in [1.29, 1.82) is 0 Å². The summed E-state index contributed by atoms with van der Waals surface area (Å²) in [4.78, 5) is 6.02. The van der Waals surface area contributed by atoms with Crippen LogP contribution in [0, 0.1) is 0 Å². The molecule has 1 aliphatic heterocycles. The van der Waals surface area contributed by atoms with Crippen LogP contribution in [0.3, 0.4) is 0 Å². The zero-order valence-electron chi connectivity index (χ0n) is 11.6. The Hall–Kier alpha value is -1.26. The molecule has 0 amide bonds. The zero-order valence-corrected chi connectivity index (χ0v) is 13.2. The fraction of sp³-hybridized carbons (Fsp3) is 0.312. The van der Waals surface area contributed by atoms with E-state index in [1.807, 2.05) is 0 Å². The minimum Gasteiger partial charge on any atom is -0.375 e. The number of benzene rings is 1. The molecule has 1 aromatic heterocycles. The van der Waals surface area contributed by atoms with Crippen molar-refractivity contribution in [2.45, 2.75) is 24.2 Å². The van der Waals surface area contributed by atoms with Gasteiger partial charge in [0.05, 0.1) is 5.69 Å². The van der Waals surface area contributed by atoms with Crippen LogP contribution in [0.15, 0.2) is 29.2 Å². The predicted octanol–water partition coefficient (Wildman–Crippen LogP) is 4.78. The van der Waals surface area contributed by atoms with Gasteiger partial charge < -0.3 is 5.32 Å². The molecule has 20 heavy (non-hydrogen) atoms. The third-order valence-electron chi connectivity index (χ3n) is 3.37. The molecule has 2 heterocycles. The lowest BCUT2D eigenvalue weighted by atomic mass is 10.2. The molecule has 1 aromatic carbocycles. The standard InChI is InChI=1S/C16H18N2S2/c1-19-13-8-5-12(6-9-13)7-10-15-18-14-4-2-3-11-17-16(14)20-15/h5-10,17H,2-4,11H2,1H3/b10-7+. The number of aromatic nitrogens is 1. The van der Waals surface area contributed by atoms with E-state index < -0.39 is 0 Å². The van der Waals surface area contributed by atoms with Gasteiger partial charge in [-0.05, 0) is 49.3 Å². The quantitative estimate of drug-likeness (QED) is 0.826. The molecule has 4 heteroatoms. The van der Waals surface area contributed by atoms with Crippen LogP contribution in [0.2, 0.25) is 0 Å². The topological polar surface area (TPSA) is 24.9 Å². The van der Waals surface area contributed by atoms with Gasteiger partial charge in [-0.1, -0.05) is 29.5 Å². The average molecular weight is 302 g/mol. The molecule has 0 unspecified atom stereocenters. The number of thiazole rings is 1. The fourth-order valence-corrected chi connectivity index (χ4v) is 3.60. The van der Waals surface area contributed by atoms with E-state index in [1.165, 1.54) is 34.0 Å². The summed E-state index contributed by atoms with van der Waals surface area (Å²) in [6.45, 7) is 1.08. The molecular formula is C16H18N2S2. The Kier molecular flexibility index (Phi) is 4.43. The zero-order chi connectivity index (χ0) is 13.8. The molecule has 0 bridgehead atoms. The Morgan fingerprint density at radius 2 is 2.05 bits per heavy atom. The van der Waals surface area contributed by atoms with Crippen LogP contribution in [0.1, 0.15) is 29.1 Å². The van der Waals surface area contributed by atoms with Gasteiger partial charge in [-0.15, -0.1) is 11.8 Å². The van der Waals surface area contributed by atoms with Crippen molar-refractivity contribution in [2.24, 2.45) is 0 Å². The van der Waals surface area contributed by atoms with Gasteiger partial charge in [-0.3, -0.25) is 0 Å². The number of thioether (sulfide) groups is 1. The van der Waals surface area contributed by atoms with E-state index in [0.717, 1.165) is 18.0 Å². The number of fused-ring (bicyclic) bond motifs is 1. The van der Waals surface area contributed by atoms with Gasteiger partial charge in [0.1, 0.15) is 10.0 Å². The van der Waals surface area contributed by atoms with E-state index in [2.05, 4.69) is 48.0 Å². The smallest absolute Gasteiger partial charge is 0.118 e. The van der Waals surface area contributed by atoms with Crippen LogP contribution in [-0.2, 0) is 6.42 Å². The summed E-state index contributed by atoms with van der Waals surface area (Å²) < 4.78 is 0. The lowest BCUT2D eigenvalue weighted by molar-refractivity contribution is 0.774. The molecule has 2 aromatic rings. The highest BCUT2D eigenvalue weighted by atomic mass is 32.2. The summed E-state index contributed by atoms with van der Waals surface area (Å²) >= 11 is 3.53. The second-order valence-corrected chi connectivity index (χ2v) is 6.73. The first kappa shape index (κ1) is 13.7. The fourth-order valence-electron chi connectivity index (χ4n) is 2.25. The van der Waals surface area contributed by atoms with E-state index in [0.29, 0.717) is 0 Å². The minimum absolute atomic E-state index is 1.08. The summed E-state index contributed by atoms with van der Waals surface area (Å²) in [5, 5.41) is 5.84. The Morgan fingerprint density at radius 1 is 1.20 bits per heavy atom. The maximum Gasteiger partial charge on any atom is 0.118 e. The van der Waals surface area contributed by atoms with Gasteiger partial charge in [0, 0.05) is 11.4 Å². The highest BCUT2D eigenvalue weighted by molar-refractivity contribution is 7.98. The number of nitrogens with one attached hydrogen (secondary N) is 1. The van der Waals surface area contributed by atoms with Gasteiger partial charge >= 0.3 is 0 Å². The highest BCUT2D eigenvalue weighted by Crippen LogP contribution is 2.29. The number of hydrogen-bond acceptors (Lipinski definition) is 4. The molecule has 3 rings (SSSR count). The van der Waals surface area contributed by atoms with Gasteiger partial charge in [0.15, 0.2) is 0 Å². The minimum atomic E-state index is 1.08. The Morgan fingerprint density at radius 3 is 2.85 bits per heavy atom. The SMILES string of the molecule is CSc1ccc(/C=C/c2nc3c(s2)NCCCC3)cc1. The lowest BCUT2D eigenvalue weighted by Crippen LogP contribution is -1.96. The van der Waals surface area contributed by atoms with Crippen molar-refractivity contribution in [3.63, 3.8) is 0 Å². The lowest BCUT2D eigenvalue weighted by Gasteiger charge is -1.97. The molecular weight excluding hydrogens is 284 g/mol. The average Bonchev–Trinajstić information content (AvgIpc) is 2.75. The molecule has 0 spiro atoms. The maximum absolute atomic E-state index is 4.72. The van der Waals surface area contributed by atoms with E-state index in [1.54, 1.807) is 23.1 Å². The van der Waals surface area contributed by atoms with Crippen molar-refractivity contribution >= 4 is 40.3 Å². The monoisotopic (exact) mass is 302 g/mol. The van der Waals surface area contributed by atoms with Crippen LogP contribution in [-0.4, -0.2) is 17.8 Å². The first-order valence-electron chi connectivity index (χ1n) is 6.91. The van der Waals surface area contributed by atoms with E-state index in [4.69, 9.17) is 4.98 Å². The first-order valence-corrected chi connectivity index (χ1v) is 8.95. The molecule has 1 N–H and O–H groups in total. The summed E-state index contributed by atoms with van der Waals surface area (Å²) in [6.07, 6.45) is 9.95. The molecule has 0 saturated carbocycles. The van der Waals surface area contributed by atoms with E-state index in [9.17, 15) is 0 Å². The first-order chi connectivity index (χ1) is 9.85. The van der Waals surface area contributed by atoms with Gasteiger partial charge in [0.25, 0.3) is 0 Å². The molecule has 0 fully saturated rings. The Balaban J connectivity index is 1.74. The number of anilines is 1. The summed E-state index contributed by atoms with van der Waals surface area (Å²) in [5.41, 5.74) is 2.46. The van der Waals surface area contributed by atoms with Crippen molar-refractivity contribution in [2.75, 3.05) is 18.1 Å². The van der Waals surface area contributed by atoms with Gasteiger partial charge in [0.2, 0.25) is 0 Å². The summed E-state index contributed by atoms with van der Waals surface area (Å²) in [5.74, 6) is 0. The largest absolute Gasteiger partial charge is 0.375 e. The number of nitrogens with zero attached hydrogens (tertiary/aromatic N) is 1. The Labute approximate surface area is 128 Å². The molecule has 104 valence electrons. The molecule has 0 radical (unpaired) electrons. The number of hydrogen-bond donors (Lipinski definition) is 1. The van der Waals surface area contributed by atoms with Gasteiger partial charge in [-0.25, -0.2) is 4.98 Å². The van der Waals surface area contributed by atoms with Crippen LogP contribution < -0.4 is 5.32 Å². The second-order valence-electron chi connectivity index (χ2n) is 4.82. The number of aryl methyl sites for hydroxylation is 1. The van der Waals surface area contributed by atoms with E-state index >= 15 is 0 Å². The number of rotatable bonds is 3. The molecule has 0 atom stereocenters. The van der Waals surface area contributed by atoms with Crippen molar-refractivity contribution in [3.8, 4) is 0 Å². The predicted molar refractivity (Wildman–Crippen MR) is 90.7 cm³/mol. The van der Waals surface area contributed by atoms with Gasteiger partial charge in [-0.2, -0.15) is 0 Å². The molecule has 2 nitrogen and oxygen atoms in total. The third-order valence-corrected chi connectivity index (χ3v) is 5.14. The van der Waals surface area contributed by atoms with E-state index in [-0.39, 0.29) is 0 Å². The van der Waals surface area contributed by atoms with Crippen LogP contribution in [0.25, 0.3) is 12.2 Å². The molecule has 1 aliphatic rings. The van der Waals surface area contributed by atoms with Crippen LogP contribution in [0.4, 0.5) is 5.00 Å². The third kappa shape index (κ3) is 3.25. The van der Waals surface area contributed by atoms with Crippen molar-refractivity contribution < 1.29 is 0 Å².